The van der Waals surface area contributed by atoms with E-state index in [1.165, 1.54) is 16.0 Å². The zero-order valence-electron chi connectivity index (χ0n) is 13.6. The molecule has 0 aliphatic carbocycles. The summed E-state index contributed by atoms with van der Waals surface area (Å²) in [6.45, 7) is 4.04. The van der Waals surface area contributed by atoms with E-state index in [2.05, 4.69) is 20.6 Å². The first kappa shape index (κ1) is 16.3. The van der Waals surface area contributed by atoms with Crippen molar-refractivity contribution in [3.8, 4) is 0 Å². The van der Waals surface area contributed by atoms with Crippen LogP contribution >= 0.6 is 11.3 Å². The SMILES string of the molecule is CC(C)c1nnc(NC(=O)Cc2nn(C)c(=O)c3ccccc23)s1. The number of rotatable bonds is 4. The summed E-state index contributed by atoms with van der Waals surface area (Å²) in [5.74, 6) is 0.0279. The van der Waals surface area contributed by atoms with Gasteiger partial charge in [-0.1, -0.05) is 43.4 Å². The lowest BCUT2D eigenvalue weighted by Gasteiger charge is -2.07. The molecule has 3 rings (SSSR count). The number of carbonyl (C=O) groups excluding carboxylic acids is 1. The van der Waals surface area contributed by atoms with Crippen molar-refractivity contribution < 1.29 is 4.79 Å². The van der Waals surface area contributed by atoms with Crippen LogP contribution in [-0.4, -0.2) is 25.9 Å². The Hall–Kier alpha value is -2.61. The number of amides is 1. The number of anilines is 1. The quantitative estimate of drug-likeness (QED) is 0.783. The third kappa shape index (κ3) is 3.18. The van der Waals surface area contributed by atoms with Gasteiger partial charge in [-0.15, -0.1) is 10.2 Å². The van der Waals surface area contributed by atoms with Gasteiger partial charge in [-0.25, -0.2) is 4.68 Å². The van der Waals surface area contributed by atoms with Crippen molar-refractivity contribution in [2.75, 3.05) is 5.32 Å². The number of hydrogen-bond donors (Lipinski definition) is 1. The highest BCUT2D eigenvalue weighted by atomic mass is 32.1. The van der Waals surface area contributed by atoms with Gasteiger partial charge in [-0.05, 0) is 6.07 Å². The average molecular weight is 343 g/mol. The van der Waals surface area contributed by atoms with Gasteiger partial charge in [0.15, 0.2) is 0 Å². The Bertz CT molecular complexity index is 961. The molecule has 1 N–H and O–H groups in total. The van der Waals surface area contributed by atoms with Gasteiger partial charge < -0.3 is 5.32 Å². The lowest BCUT2D eigenvalue weighted by Crippen LogP contribution is -2.24. The third-order valence-electron chi connectivity index (χ3n) is 3.54. The molecular formula is C16H17N5O2S. The Kier molecular flexibility index (Phi) is 4.39. The highest BCUT2D eigenvalue weighted by Gasteiger charge is 2.14. The monoisotopic (exact) mass is 343 g/mol. The molecule has 24 heavy (non-hydrogen) atoms. The van der Waals surface area contributed by atoms with Crippen LogP contribution in [0.3, 0.4) is 0 Å². The van der Waals surface area contributed by atoms with Crippen LogP contribution in [0.2, 0.25) is 0 Å². The fraction of sp³-hybridized carbons (Fsp3) is 0.312. The molecule has 1 amide bonds. The number of nitrogens with zero attached hydrogens (tertiary/aromatic N) is 4. The highest BCUT2D eigenvalue weighted by Crippen LogP contribution is 2.22. The van der Waals surface area contributed by atoms with Crippen molar-refractivity contribution in [3.63, 3.8) is 0 Å². The van der Waals surface area contributed by atoms with Gasteiger partial charge in [-0.3, -0.25) is 9.59 Å². The third-order valence-corrected chi connectivity index (χ3v) is 4.68. The second kappa shape index (κ2) is 6.48. The van der Waals surface area contributed by atoms with Crippen molar-refractivity contribution in [1.82, 2.24) is 20.0 Å². The number of carbonyl (C=O) groups is 1. The van der Waals surface area contributed by atoms with Gasteiger partial charge in [0.25, 0.3) is 5.56 Å². The van der Waals surface area contributed by atoms with Crippen molar-refractivity contribution in [3.05, 3.63) is 45.3 Å². The van der Waals surface area contributed by atoms with Crippen LogP contribution in [0.4, 0.5) is 5.13 Å². The fourth-order valence-electron chi connectivity index (χ4n) is 2.34. The van der Waals surface area contributed by atoms with Crippen LogP contribution in [0.25, 0.3) is 10.8 Å². The smallest absolute Gasteiger partial charge is 0.274 e. The molecule has 0 aliphatic rings. The van der Waals surface area contributed by atoms with Gasteiger partial charge in [0.2, 0.25) is 11.0 Å². The summed E-state index contributed by atoms with van der Waals surface area (Å²) in [7, 11) is 1.58. The van der Waals surface area contributed by atoms with Crippen LogP contribution in [0.15, 0.2) is 29.1 Å². The highest BCUT2D eigenvalue weighted by molar-refractivity contribution is 7.15. The first-order chi connectivity index (χ1) is 11.5. The second-order valence-electron chi connectivity index (χ2n) is 5.75. The molecule has 0 saturated carbocycles. The Morgan fingerprint density at radius 3 is 2.62 bits per heavy atom. The lowest BCUT2D eigenvalue weighted by molar-refractivity contribution is -0.115. The molecule has 0 saturated heterocycles. The number of aromatic nitrogens is 4. The zero-order chi connectivity index (χ0) is 17.3. The maximum atomic E-state index is 12.3. The van der Waals surface area contributed by atoms with Crippen molar-refractivity contribution >= 4 is 33.1 Å². The van der Waals surface area contributed by atoms with E-state index in [-0.39, 0.29) is 23.8 Å². The predicted molar refractivity (Wildman–Crippen MR) is 93.3 cm³/mol. The molecule has 0 bridgehead atoms. The molecule has 0 spiro atoms. The van der Waals surface area contributed by atoms with E-state index in [1.54, 1.807) is 25.2 Å². The summed E-state index contributed by atoms with van der Waals surface area (Å²) in [5.41, 5.74) is 0.374. The van der Waals surface area contributed by atoms with Gasteiger partial charge in [0.1, 0.15) is 5.01 Å². The second-order valence-corrected chi connectivity index (χ2v) is 6.76. The van der Waals surface area contributed by atoms with Gasteiger partial charge >= 0.3 is 0 Å². The van der Waals surface area contributed by atoms with E-state index in [0.29, 0.717) is 21.6 Å². The molecule has 1 aromatic carbocycles. The molecule has 0 aliphatic heterocycles. The number of fused-ring (bicyclic) bond motifs is 1. The van der Waals surface area contributed by atoms with Crippen molar-refractivity contribution in [1.29, 1.82) is 0 Å². The Balaban J connectivity index is 1.85. The lowest BCUT2D eigenvalue weighted by atomic mass is 10.1. The molecule has 8 heteroatoms. The molecule has 124 valence electrons. The van der Waals surface area contributed by atoms with Crippen LogP contribution in [-0.2, 0) is 18.3 Å². The summed E-state index contributed by atoms with van der Waals surface area (Å²) >= 11 is 1.36. The molecular weight excluding hydrogens is 326 g/mol. The van der Waals surface area contributed by atoms with E-state index >= 15 is 0 Å². The number of nitrogens with one attached hydrogen (secondary N) is 1. The molecule has 2 aromatic heterocycles. The van der Waals surface area contributed by atoms with E-state index in [1.807, 2.05) is 19.9 Å². The number of hydrogen-bond acceptors (Lipinski definition) is 6. The van der Waals surface area contributed by atoms with E-state index in [4.69, 9.17) is 0 Å². The topological polar surface area (TPSA) is 89.8 Å². The maximum Gasteiger partial charge on any atom is 0.274 e. The first-order valence-electron chi connectivity index (χ1n) is 7.54. The summed E-state index contributed by atoms with van der Waals surface area (Å²) in [6, 6.07) is 7.15. The molecule has 2 heterocycles. The Labute approximate surface area is 142 Å². The molecule has 0 atom stereocenters. The molecule has 0 fully saturated rings. The standard InChI is InChI=1S/C16H17N5O2S/c1-9(2)14-18-19-16(24-14)17-13(22)8-12-10-6-4-5-7-11(10)15(23)21(3)20-12/h4-7,9H,8H2,1-3H3,(H,17,19,22). The molecule has 7 nitrogen and oxygen atoms in total. The van der Waals surface area contributed by atoms with E-state index in [9.17, 15) is 9.59 Å². The average Bonchev–Trinajstić information content (AvgIpc) is 3.01. The maximum absolute atomic E-state index is 12.3. The van der Waals surface area contributed by atoms with E-state index in [0.717, 1.165) is 5.01 Å². The van der Waals surface area contributed by atoms with Crippen molar-refractivity contribution in [2.24, 2.45) is 7.05 Å². The normalized spacial score (nSPS) is 11.2. The fourth-order valence-corrected chi connectivity index (χ4v) is 3.10. The zero-order valence-corrected chi connectivity index (χ0v) is 14.4. The molecule has 0 radical (unpaired) electrons. The van der Waals surface area contributed by atoms with Gasteiger partial charge in [0, 0.05) is 18.4 Å². The van der Waals surface area contributed by atoms with Crippen LogP contribution in [0, 0.1) is 0 Å². The van der Waals surface area contributed by atoms with Crippen LogP contribution < -0.4 is 10.9 Å². The summed E-state index contributed by atoms with van der Waals surface area (Å²) < 4.78 is 1.26. The Morgan fingerprint density at radius 1 is 1.25 bits per heavy atom. The summed E-state index contributed by atoms with van der Waals surface area (Å²) in [5, 5.41) is 17.6. The minimum Gasteiger partial charge on any atom is -0.300 e. The minimum atomic E-state index is -0.238. The summed E-state index contributed by atoms with van der Waals surface area (Å²) in [4.78, 5) is 24.4. The number of aryl methyl sites for hydroxylation is 1. The van der Waals surface area contributed by atoms with Crippen LogP contribution in [0.5, 0.6) is 0 Å². The molecule has 0 unspecified atom stereocenters. The minimum absolute atomic E-state index is 0.0607. The number of benzene rings is 1. The largest absolute Gasteiger partial charge is 0.300 e. The Morgan fingerprint density at radius 2 is 1.96 bits per heavy atom. The summed E-state index contributed by atoms with van der Waals surface area (Å²) in [6.07, 6.45) is 0.0607. The predicted octanol–water partition coefficient (Wildman–Crippen LogP) is 2.09. The van der Waals surface area contributed by atoms with Crippen molar-refractivity contribution in [2.45, 2.75) is 26.2 Å². The first-order valence-corrected chi connectivity index (χ1v) is 8.35. The molecule has 3 aromatic rings. The van der Waals surface area contributed by atoms with Crippen LogP contribution in [0.1, 0.15) is 30.5 Å². The van der Waals surface area contributed by atoms with Gasteiger partial charge in [-0.2, -0.15) is 5.10 Å². The van der Waals surface area contributed by atoms with E-state index < -0.39 is 0 Å². The van der Waals surface area contributed by atoms with Gasteiger partial charge in [0.05, 0.1) is 17.5 Å².